The van der Waals surface area contributed by atoms with E-state index >= 15 is 0 Å². The maximum absolute atomic E-state index is 12.2. The van der Waals surface area contributed by atoms with Crippen molar-refractivity contribution < 1.29 is 19.1 Å². The first-order valence-electron chi connectivity index (χ1n) is 6.24. The lowest BCUT2D eigenvalue weighted by atomic mass is 10.1. The van der Waals surface area contributed by atoms with Crippen molar-refractivity contribution in [2.45, 2.75) is 6.92 Å². The summed E-state index contributed by atoms with van der Waals surface area (Å²) in [7, 11) is 1.45. The zero-order valence-corrected chi connectivity index (χ0v) is 11.7. The van der Waals surface area contributed by atoms with Crippen LogP contribution in [0.4, 0.5) is 0 Å². The van der Waals surface area contributed by atoms with Crippen LogP contribution in [0.2, 0.25) is 0 Å². The number of ether oxygens (including phenoxy) is 1. The molecule has 6 heteroatoms. The summed E-state index contributed by atoms with van der Waals surface area (Å²) in [5.74, 6) is -0.0177. The van der Waals surface area contributed by atoms with Crippen molar-refractivity contribution in [2.24, 2.45) is 0 Å². The van der Waals surface area contributed by atoms with Crippen LogP contribution in [0.3, 0.4) is 0 Å². The summed E-state index contributed by atoms with van der Waals surface area (Å²) in [6.45, 7) is 1.55. The molecule has 0 radical (unpaired) electrons. The van der Waals surface area contributed by atoms with Gasteiger partial charge in [-0.05, 0) is 19.1 Å². The van der Waals surface area contributed by atoms with Crippen LogP contribution >= 0.6 is 0 Å². The molecule has 0 unspecified atom stereocenters. The number of Topliss-reactive ketones (excluding diaryl/α,β-unsaturated/α-hetero) is 1. The second kappa shape index (κ2) is 6.13. The number of methoxy groups -OCH3 is 1. The van der Waals surface area contributed by atoms with Gasteiger partial charge in [-0.2, -0.15) is 0 Å². The Hall–Kier alpha value is -2.76. The summed E-state index contributed by atoms with van der Waals surface area (Å²) in [4.78, 5) is 38.5. The van der Waals surface area contributed by atoms with Gasteiger partial charge in [0.2, 0.25) is 12.8 Å². The van der Waals surface area contributed by atoms with Crippen LogP contribution in [0, 0.1) is 6.92 Å². The smallest absolute Gasteiger partial charge is 0.216 e. The van der Waals surface area contributed by atoms with Crippen LogP contribution in [0.5, 0.6) is 5.75 Å². The lowest BCUT2D eigenvalue weighted by Crippen LogP contribution is -2.27. The van der Waals surface area contributed by atoms with E-state index < -0.39 is 0 Å². The van der Waals surface area contributed by atoms with Gasteiger partial charge in [0.25, 0.3) is 0 Å². The molecule has 0 aliphatic carbocycles. The number of benzene rings is 1. The van der Waals surface area contributed by atoms with Crippen LogP contribution in [0.15, 0.2) is 24.3 Å². The Labute approximate surface area is 121 Å². The molecular weight excluding hydrogens is 272 g/mol. The van der Waals surface area contributed by atoms with Gasteiger partial charge in [-0.25, -0.2) is 0 Å². The minimum atomic E-state index is -0.381. The Balaban J connectivity index is 2.46. The van der Waals surface area contributed by atoms with Crippen molar-refractivity contribution in [1.29, 1.82) is 0 Å². The SMILES string of the molecule is COc1cc2nc(C)ccc2cc1C(=O)CN(C=O)C=O. The molecule has 0 saturated heterocycles. The van der Waals surface area contributed by atoms with Crippen molar-refractivity contribution in [3.05, 3.63) is 35.5 Å². The van der Waals surface area contributed by atoms with E-state index in [9.17, 15) is 14.4 Å². The number of aromatic nitrogens is 1. The standard InChI is InChI=1S/C15H14N2O4/c1-10-3-4-11-5-12(14(20)7-17(8-18)9-19)15(21-2)6-13(11)16-10/h3-6,8-9H,7H2,1-2H3. The predicted octanol–water partition coefficient (Wildman–Crippen LogP) is 1.35. The zero-order valence-electron chi connectivity index (χ0n) is 11.7. The first-order valence-corrected chi connectivity index (χ1v) is 6.24. The molecule has 0 aliphatic heterocycles. The van der Waals surface area contributed by atoms with E-state index in [0.29, 0.717) is 29.6 Å². The first kappa shape index (κ1) is 14.6. The van der Waals surface area contributed by atoms with Gasteiger partial charge in [0.15, 0.2) is 5.78 Å². The van der Waals surface area contributed by atoms with E-state index in [0.717, 1.165) is 16.0 Å². The van der Waals surface area contributed by atoms with Gasteiger partial charge >= 0.3 is 0 Å². The van der Waals surface area contributed by atoms with Gasteiger partial charge in [-0.1, -0.05) is 6.07 Å². The van der Waals surface area contributed by atoms with Gasteiger partial charge in [0, 0.05) is 17.1 Å². The van der Waals surface area contributed by atoms with E-state index in [1.54, 1.807) is 12.1 Å². The third kappa shape index (κ3) is 3.05. The van der Waals surface area contributed by atoms with Crippen LogP contribution in [-0.2, 0) is 9.59 Å². The molecule has 0 aliphatic rings. The minimum Gasteiger partial charge on any atom is -0.496 e. The number of hydrogen-bond donors (Lipinski definition) is 0. The molecule has 2 amide bonds. The Morgan fingerprint density at radius 1 is 1.29 bits per heavy atom. The largest absolute Gasteiger partial charge is 0.496 e. The van der Waals surface area contributed by atoms with E-state index in [2.05, 4.69) is 4.98 Å². The highest BCUT2D eigenvalue weighted by Gasteiger charge is 2.16. The molecule has 1 aromatic heterocycles. The molecule has 0 N–H and O–H groups in total. The minimum absolute atomic E-state index is 0.309. The van der Waals surface area contributed by atoms with E-state index in [-0.39, 0.29) is 12.3 Å². The second-order valence-electron chi connectivity index (χ2n) is 4.50. The maximum Gasteiger partial charge on any atom is 0.216 e. The average molecular weight is 286 g/mol. The van der Waals surface area contributed by atoms with Crippen LogP contribution < -0.4 is 4.74 Å². The molecule has 2 rings (SSSR count). The Kier molecular flexibility index (Phi) is 4.27. The van der Waals surface area contributed by atoms with Gasteiger partial charge in [-0.15, -0.1) is 0 Å². The lowest BCUT2D eigenvalue weighted by Gasteiger charge is -2.12. The third-order valence-electron chi connectivity index (χ3n) is 3.05. The van der Waals surface area contributed by atoms with E-state index in [4.69, 9.17) is 4.74 Å². The predicted molar refractivity (Wildman–Crippen MR) is 76.2 cm³/mol. The second-order valence-corrected chi connectivity index (χ2v) is 4.50. The molecule has 108 valence electrons. The summed E-state index contributed by atoms with van der Waals surface area (Å²) >= 11 is 0. The zero-order chi connectivity index (χ0) is 15.4. The Bertz CT molecular complexity index is 704. The topological polar surface area (TPSA) is 76.6 Å². The number of nitrogens with zero attached hydrogens (tertiary/aromatic N) is 2. The highest BCUT2D eigenvalue weighted by atomic mass is 16.5. The van der Waals surface area contributed by atoms with Gasteiger partial charge in [-0.3, -0.25) is 24.3 Å². The third-order valence-corrected chi connectivity index (χ3v) is 3.05. The van der Waals surface area contributed by atoms with Crippen LogP contribution in [0.1, 0.15) is 16.1 Å². The highest BCUT2D eigenvalue weighted by Crippen LogP contribution is 2.25. The lowest BCUT2D eigenvalue weighted by molar-refractivity contribution is -0.128. The van der Waals surface area contributed by atoms with Crippen molar-refractivity contribution in [3.8, 4) is 5.75 Å². The molecule has 0 saturated carbocycles. The fraction of sp³-hybridized carbons (Fsp3) is 0.200. The van der Waals surface area contributed by atoms with Crippen molar-refractivity contribution in [3.63, 3.8) is 0 Å². The number of imide groups is 1. The van der Waals surface area contributed by atoms with Crippen molar-refractivity contribution >= 4 is 29.5 Å². The van der Waals surface area contributed by atoms with Gasteiger partial charge < -0.3 is 4.74 Å². The molecule has 0 fully saturated rings. The van der Waals surface area contributed by atoms with Gasteiger partial charge in [0.05, 0.1) is 24.7 Å². The fourth-order valence-electron chi connectivity index (χ4n) is 1.99. The Morgan fingerprint density at radius 2 is 2.00 bits per heavy atom. The van der Waals surface area contributed by atoms with Crippen LogP contribution in [0.25, 0.3) is 10.9 Å². The molecule has 1 aromatic carbocycles. The van der Waals surface area contributed by atoms with Gasteiger partial charge in [0.1, 0.15) is 5.75 Å². The number of fused-ring (bicyclic) bond motifs is 1. The first-order chi connectivity index (χ1) is 10.1. The molecule has 0 bridgehead atoms. The number of rotatable bonds is 6. The van der Waals surface area contributed by atoms with Crippen LogP contribution in [-0.4, -0.2) is 42.1 Å². The maximum atomic E-state index is 12.2. The Morgan fingerprint density at radius 3 is 2.62 bits per heavy atom. The summed E-state index contributed by atoms with van der Waals surface area (Å²) < 4.78 is 5.21. The average Bonchev–Trinajstić information content (AvgIpc) is 2.50. The molecule has 0 spiro atoms. The van der Waals surface area contributed by atoms with E-state index in [1.807, 2.05) is 19.1 Å². The molecule has 21 heavy (non-hydrogen) atoms. The summed E-state index contributed by atoms with van der Waals surface area (Å²) in [5, 5.41) is 0.786. The number of hydrogen-bond acceptors (Lipinski definition) is 5. The van der Waals surface area contributed by atoms with E-state index in [1.165, 1.54) is 7.11 Å². The number of amides is 2. The molecule has 0 atom stereocenters. The highest BCUT2D eigenvalue weighted by molar-refractivity contribution is 6.04. The summed E-state index contributed by atoms with van der Waals surface area (Å²) in [6, 6.07) is 7.01. The number of aryl methyl sites for hydroxylation is 1. The molecular formula is C15H14N2O4. The number of ketones is 1. The summed E-state index contributed by atoms with van der Waals surface area (Å²) in [5.41, 5.74) is 1.88. The van der Waals surface area contributed by atoms with Crippen molar-refractivity contribution in [1.82, 2.24) is 9.88 Å². The summed E-state index contributed by atoms with van der Waals surface area (Å²) in [6.07, 6.45) is 0.618. The normalized spacial score (nSPS) is 10.2. The molecule has 6 nitrogen and oxygen atoms in total. The monoisotopic (exact) mass is 286 g/mol. The number of pyridine rings is 1. The quantitative estimate of drug-likeness (QED) is 0.592. The fourth-order valence-corrected chi connectivity index (χ4v) is 1.99. The molecule has 2 aromatic rings. The number of carbonyl (C=O) groups excluding carboxylic acids is 3. The molecule has 1 heterocycles. The number of carbonyl (C=O) groups is 3. The van der Waals surface area contributed by atoms with Crippen molar-refractivity contribution in [2.75, 3.05) is 13.7 Å².